The molecule has 88 valence electrons. The molecule has 0 fully saturated rings. The second kappa shape index (κ2) is 5.58. The molecule has 1 N–H and O–H groups in total. The number of rotatable bonds is 3. The van der Waals surface area contributed by atoms with Gasteiger partial charge in [-0.1, -0.05) is 47.1 Å². The Morgan fingerprint density at radius 1 is 1.12 bits per heavy atom. The van der Waals surface area contributed by atoms with Crippen LogP contribution in [0.5, 0.6) is 0 Å². The van der Waals surface area contributed by atoms with Gasteiger partial charge in [0.2, 0.25) is 0 Å². The van der Waals surface area contributed by atoms with Gasteiger partial charge in [-0.3, -0.25) is 0 Å². The van der Waals surface area contributed by atoms with Gasteiger partial charge in [-0.05, 0) is 36.8 Å². The van der Waals surface area contributed by atoms with E-state index in [1.807, 2.05) is 24.3 Å². The SMILES string of the molecule is Cc1cccc(Sc2ccc(CO)c(Cl)c2)c1. The molecule has 0 heterocycles. The Morgan fingerprint density at radius 3 is 2.53 bits per heavy atom. The summed E-state index contributed by atoms with van der Waals surface area (Å²) >= 11 is 7.72. The van der Waals surface area contributed by atoms with Crippen molar-refractivity contribution in [3.05, 3.63) is 58.6 Å². The number of hydrogen-bond donors (Lipinski definition) is 1. The zero-order valence-corrected chi connectivity index (χ0v) is 11.1. The van der Waals surface area contributed by atoms with Crippen molar-refractivity contribution in [3.8, 4) is 0 Å². The maximum Gasteiger partial charge on any atom is 0.0696 e. The Morgan fingerprint density at radius 2 is 1.88 bits per heavy atom. The molecule has 0 unspecified atom stereocenters. The van der Waals surface area contributed by atoms with Crippen LogP contribution in [0, 0.1) is 6.92 Å². The van der Waals surface area contributed by atoms with Gasteiger partial charge in [0.05, 0.1) is 6.61 Å². The van der Waals surface area contributed by atoms with Crippen LogP contribution in [0.1, 0.15) is 11.1 Å². The fourth-order valence-electron chi connectivity index (χ4n) is 1.53. The minimum Gasteiger partial charge on any atom is -0.392 e. The Kier molecular flexibility index (Phi) is 4.11. The van der Waals surface area contributed by atoms with E-state index in [0.717, 1.165) is 10.5 Å². The first-order chi connectivity index (χ1) is 8.19. The zero-order valence-electron chi connectivity index (χ0n) is 9.48. The molecule has 17 heavy (non-hydrogen) atoms. The van der Waals surface area contributed by atoms with Crippen molar-refractivity contribution in [2.75, 3.05) is 0 Å². The van der Waals surface area contributed by atoms with Gasteiger partial charge in [0.1, 0.15) is 0 Å². The third-order valence-electron chi connectivity index (χ3n) is 2.42. The number of aliphatic hydroxyl groups is 1. The first-order valence-corrected chi connectivity index (χ1v) is 6.52. The van der Waals surface area contributed by atoms with Gasteiger partial charge < -0.3 is 5.11 Å². The summed E-state index contributed by atoms with van der Waals surface area (Å²) in [6.07, 6.45) is 0. The van der Waals surface area contributed by atoms with Crippen molar-refractivity contribution in [1.82, 2.24) is 0 Å². The highest BCUT2D eigenvalue weighted by atomic mass is 35.5. The zero-order chi connectivity index (χ0) is 12.3. The highest BCUT2D eigenvalue weighted by molar-refractivity contribution is 7.99. The highest BCUT2D eigenvalue weighted by Crippen LogP contribution is 2.31. The molecule has 1 nitrogen and oxygen atoms in total. The third kappa shape index (κ3) is 3.25. The smallest absolute Gasteiger partial charge is 0.0696 e. The summed E-state index contributed by atoms with van der Waals surface area (Å²) in [6.45, 7) is 2.06. The average molecular weight is 265 g/mol. The number of aliphatic hydroxyl groups excluding tert-OH is 1. The minimum atomic E-state index is -0.0196. The topological polar surface area (TPSA) is 20.2 Å². The molecule has 2 rings (SSSR count). The van der Waals surface area contributed by atoms with E-state index in [1.54, 1.807) is 11.8 Å². The lowest BCUT2D eigenvalue weighted by atomic mass is 10.2. The average Bonchev–Trinajstić information content (AvgIpc) is 2.29. The van der Waals surface area contributed by atoms with E-state index in [2.05, 4.69) is 25.1 Å². The maximum absolute atomic E-state index is 9.04. The van der Waals surface area contributed by atoms with Crippen molar-refractivity contribution < 1.29 is 5.11 Å². The summed E-state index contributed by atoms with van der Waals surface area (Å²) in [5.41, 5.74) is 2.01. The van der Waals surface area contributed by atoms with Gasteiger partial charge in [-0.25, -0.2) is 0 Å². The number of hydrogen-bond acceptors (Lipinski definition) is 2. The van der Waals surface area contributed by atoms with Gasteiger partial charge in [0.25, 0.3) is 0 Å². The van der Waals surface area contributed by atoms with E-state index in [-0.39, 0.29) is 6.61 Å². The Balaban J connectivity index is 2.22. The monoisotopic (exact) mass is 264 g/mol. The molecule has 2 aromatic carbocycles. The number of benzene rings is 2. The summed E-state index contributed by atoms with van der Waals surface area (Å²) < 4.78 is 0. The summed E-state index contributed by atoms with van der Waals surface area (Å²) in [6, 6.07) is 14.1. The molecule has 0 amide bonds. The largest absolute Gasteiger partial charge is 0.392 e. The molecule has 0 spiro atoms. The lowest BCUT2D eigenvalue weighted by Crippen LogP contribution is -1.85. The molecule has 3 heteroatoms. The first-order valence-electron chi connectivity index (χ1n) is 5.33. The standard InChI is InChI=1S/C14H13ClOS/c1-10-3-2-4-12(7-10)17-13-6-5-11(9-16)14(15)8-13/h2-8,16H,9H2,1H3. The fraction of sp³-hybridized carbons (Fsp3) is 0.143. The molecule has 0 atom stereocenters. The molecule has 0 saturated carbocycles. The molecule has 0 saturated heterocycles. The third-order valence-corrected chi connectivity index (χ3v) is 3.75. The highest BCUT2D eigenvalue weighted by Gasteiger charge is 2.02. The van der Waals surface area contributed by atoms with Crippen LogP contribution in [0.4, 0.5) is 0 Å². The van der Waals surface area contributed by atoms with E-state index >= 15 is 0 Å². The van der Waals surface area contributed by atoms with Gasteiger partial charge in [0, 0.05) is 14.8 Å². The second-order valence-corrected chi connectivity index (χ2v) is 5.38. The van der Waals surface area contributed by atoms with Crippen LogP contribution in [0.2, 0.25) is 5.02 Å². The van der Waals surface area contributed by atoms with Gasteiger partial charge in [-0.2, -0.15) is 0 Å². The Bertz CT molecular complexity index is 525. The lowest BCUT2D eigenvalue weighted by Gasteiger charge is -2.05. The second-order valence-electron chi connectivity index (χ2n) is 3.83. The van der Waals surface area contributed by atoms with Crippen LogP contribution < -0.4 is 0 Å². The first kappa shape index (κ1) is 12.5. The summed E-state index contributed by atoms with van der Waals surface area (Å²) in [7, 11) is 0. The molecule has 0 bridgehead atoms. The van der Waals surface area contributed by atoms with Crippen LogP contribution in [-0.4, -0.2) is 5.11 Å². The molecule has 0 aliphatic heterocycles. The van der Waals surface area contributed by atoms with Gasteiger partial charge in [-0.15, -0.1) is 0 Å². The molecule has 0 aliphatic carbocycles. The molecule has 2 aromatic rings. The van der Waals surface area contributed by atoms with Crippen LogP contribution in [0.3, 0.4) is 0 Å². The Labute approximate surface area is 110 Å². The Hall–Kier alpha value is -0.960. The van der Waals surface area contributed by atoms with Crippen molar-refractivity contribution in [1.29, 1.82) is 0 Å². The maximum atomic E-state index is 9.04. The molecular weight excluding hydrogens is 252 g/mol. The number of halogens is 1. The van der Waals surface area contributed by atoms with E-state index < -0.39 is 0 Å². The van der Waals surface area contributed by atoms with Crippen molar-refractivity contribution >= 4 is 23.4 Å². The normalized spacial score (nSPS) is 10.5. The summed E-state index contributed by atoms with van der Waals surface area (Å²) in [5.74, 6) is 0. The van der Waals surface area contributed by atoms with Crippen molar-refractivity contribution in [2.24, 2.45) is 0 Å². The molecular formula is C14H13ClOS. The van der Waals surface area contributed by atoms with Crippen LogP contribution in [0.15, 0.2) is 52.3 Å². The van der Waals surface area contributed by atoms with Crippen molar-refractivity contribution in [3.63, 3.8) is 0 Å². The van der Waals surface area contributed by atoms with Gasteiger partial charge >= 0.3 is 0 Å². The quantitative estimate of drug-likeness (QED) is 0.892. The minimum absolute atomic E-state index is 0.0196. The van der Waals surface area contributed by atoms with E-state index in [0.29, 0.717) is 5.02 Å². The van der Waals surface area contributed by atoms with E-state index in [1.165, 1.54) is 10.5 Å². The van der Waals surface area contributed by atoms with Crippen molar-refractivity contribution in [2.45, 2.75) is 23.3 Å². The van der Waals surface area contributed by atoms with Crippen LogP contribution >= 0.6 is 23.4 Å². The van der Waals surface area contributed by atoms with E-state index in [4.69, 9.17) is 16.7 Å². The van der Waals surface area contributed by atoms with Gasteiger partial charge in [0.15, 0.2) is 0 Å². The number of aryl methyl sites for hydroxylation is 1. The lowest BCUT2D eigenvalue weighted by molar-refractivity contribution is 0.282. The molecule has 0 radical (unpaired) electrons. The van der Waals surface area contributed by atoms with Crippen LogP contribution in [0.25, 0.3) is 0 Å². The predicted molar refractivity (Wildman–Crippen MR) is 72.7 cm³/mol. The van der Waals surface area contributed by atoms with E-state index in [9.17, 15) is 0 Å². The predicted octanol–water partition coefficient (Wildman–Crippen LogP) is 4.29. The van der Waals surface area contributed by atoms with Crippen LogP contribution in [-0.2, 0) is 6.61 Å². The molecule has 0 aliphatic rings. The fourth-order valence-corrected chi connectivity index (χ4v) is 2.82. The summed E-state index contributed by atoms with van der Waals surface area (Å²) in [4.78, 5) is 2.27. The molecule has 0 aromatic heterocycles. The summed E-state index contributed by atoms with van der Waals surface area (Å²) in [5, 5.41) is 9.66.